The van der Waals surface area contributed by atoms with Crippen LogP contribution in [0.1, 0.15) is 16.9 Å². The van der Waals surface area contributed by atoms with Gasteiger partial charge in [-0.2, -0.15) is 9.98 Å². The number of rotatable bonds is 7. The summed E-state index contributed by atoms with van der Waals surface area (Å²) in [4.78, 5) is 28.0. The molecule has 15 heteroatoms. The average Bonchev–Trinajstić information content (AvgIpc) is 3.22. The van der Waals surface area contributed by atoms with Crippen LogP contribution in [-0.2, 0) is 14.6 Å². The van der Waals surface area contributed by atoms with Crippen LogP contribution in [0.25, 0.3) is 10.4 Å². The fraction of sp³-hybridized carbons (Fsp3) is 0.111. The molecule has 0 amide bonds. The van der Waals surface area contributed by atoms with Crippen LogP contribution in [-0.4, -0.2) is 20.5 Å². The Morgan fingerprint density at radius 1 is 1.21 bits per heavy atom. The zero-order valence-electron chi connectivity index (χ0n) is 17.7. The van der Waals surface area contributed by atoms with Crippen LogP contribution in [0.3, 0.4) is 0 Å². The van der Waals surface area contributed by atoms with E-state index >= 15 is 0 Å². The molecule has 0 aliphatic rings. The van der Waals surface area contributed by atoms with E-state index in [1.54, 1.807) is 18.2 Å². The number of hydrogen-bond donors (Lipinski definition) is 3. The predicted octanol–water partition coefficient (Wildman–Crippen LogP) is 2.47. The van der Waals surface area contributed by atoms with Gasteiger partial charge in [0.1, 0.15) is 16.1 Å². The first kappa shape index (κ1) is 28.3. The standard InChI is InChI=1S/C18H15FN3O6PS2.2H3N/c1-28-16-6-4-13(10-21-16)15-5-7-17(30-15)31(26,27)22-18(29(23,24)25)11-2-3-12(9-20)14(19)8-11;;/h2-8,10,18,22H,1H3,(H2,23,24,25);2*1H3. The Morgan fingerprint density at radius 3 is 2.42 bits per heavy atom. The molecule has 9 N–H and O–H groups in total. The van der Waals surface area contributed by atoms with E-state index in [0.717, 1.165) is 23.5 Å². The van der Waals surface area contributed by atoms with Crippen molar-refractivity contribution in [2.45, 2.75) is 9.99 Å². The third-order valence-corrected chi connectivity index (χ3v) is 8.37. The van der Waals surface area contributed by atoms with Crippen molar-refractivity contribution >= 4 is 29.0 Å². The zero-order chi connectivity index (χ0) is 22.8. The minimum atomic E-state index is -5.58. The third kappa shape index (κ3) is 6.41. The highest BCUT2D eigenvalue weighted by Gasteiger charge is 2.26. The number of quaternary nitrogens is 2. The first-order chi connectivity index (χ1) is 14.5. The lowest BCUT2D eigenvalue weighted by molar-refractivity contribution is -0.317. The van der Waals surface area contributed by atoms with Gasteiger partial charge in [-0.25, -0.2) is 17.8 Å². The second-order valence-electron chi connectivity index (χ2n) is 6.12. The van der Waals surface area contributed by atoms with Crippen LogP contribution in [0.4, 0.5) is 4.39 Å². The number of ether oxygens (including phenoxy) is 1. The van der Waals surface area contributed by atoms with Gasteiger partial charge in [0.25, 0.3) is 10.0 Å². The largest absolute Gasteiger partial charge is 0.809 e. The maximum atomic E-state index is 13.9. The predicted molar refractivity (Wildman–Crippen MR) is 118 cm³/mol. The minimum absolute atomic E-state index is 0. The molecule has 178 valence electrons. The zero-order valence-corrected chi connectivity index (χ0v) is 20.2. The second-order valence-corrected chi connectivity index (χ2v) is 10.7. The Morgan fingerprint density at radius 2 is 1.91 bits per heavy atom. The van der Waals surface area contributed by atoms with E-state index in [1.165, 1.54) is 25.4 Å². The summed E-state index contributed by atoms with van der Waals surface area (Å²) in [5.74, 6) is -2.97. The molecule has 0 aliphatic heterocycles. The summed E-state index contributed by atoms with van der Waals surface area (Å²) in [6.45, 7) is 0. The highest BCUT2D eigenvalue weighted by molar-refractivity contribution is 7.92. The van der Waals surface area contributed by atoms with Crippen molar-refractivity contribution in [1.29, 1.82) is 5.26 Å². The van der Waals surface area contributed by atoms with Gasteiger partial charge in [-0.15, -0.1) is 11.3 Å². The molecule has 0 fully saturated rings. The van der Waals surface area contributed by atoms with E-state index in [0.29, 0.717) is 22.4 Å². The number of halogens is 1. The van der Waals surface area contributed by atoms with Gasteiger partial charge in [0.05, 0.1) is 18.5 Å². The third-order valence-electron chi connectivity index (χ3n) is 4.09. The molecule has 3 aromatic rings. The van der Waals surface area contributed by atoms with E-state index in [2.05, 4.69) is 4.98 Å². The molecule has 1 atom stereocenters. The number of benzene rings is 1. The molecular weight excluding hydrogens is 496 g/mol. The molecule has 0 saturated heterocycles. The molecular formula is C18H21FN5O6PS2. The Hall–Kier alpha value is -2.73. The van der Waals surface area contributed by atoms with Crippen molar-refractivity contribution in [3.8, 4) is 22.4 Å². The fourth-order valence-electron chi connectivity index (χ4n) is 2.58. The van der Waals surface area contributed by atoms with Gasteiger partial charge in [-0.05, 0) is 43.5 Å². The summed E-state index contributed by atoms with van der Waals surface area (Å²) in [5, 5.41) is 8.78. The van der Waals surface area contributed by atoms with Gasteiger partial charge < -0.3 is 31.4 Å². The summed E-state index contributed by atoms with van der Waals surface area (Å²) in [6, 6.07) is 10.1. The van der Waals surface area contributed by atoms with Crippen LogP contribution in [0.15, 0.2) is 52.9 Å². The lowest BCUT2D eigenvalue weighted by Crippen LogP contribution is -2.34. The monoisotopic (exact) mass is 517 g/mol. The lowest BCUT2D eigenvalue weighted by Gasteiger charge is -2.38. The number of methoxy groups -OCH3 is 1. The van der Waals surface area contributed by atoms with E-state index in [-0.39, 0.29) is 22.1 Å². The van der Waals surface area contributed by atoms with Crippen molar-refractivity contribution in [2.75, 3.05) is 7.11 Å². The smallest absolute Gasteiger partial charge is 0.250 e. The number of nitrogens with one attached hydrogen (secondary N) is 1. The van der Waals surface area contributed by atoms with Crippen molar-refractivity contribution < 1.29 is 31.9 Å². The van der Waals surface area contributed by atoms with Crippen LogP contribution in [0.2, 0.25) is 0 Å². The summed E-state index contributed by atoms with van der Waals surface area (Å²) in [6.07, 6.45) is 1.47. The molecule has 3 rings (SSSR count). The highest BCUT2D eigenvalue weighted by atomic mass is 32.2. The average molecular weight is 518 g/mol. The molecule has 0 radical (unpaired) electrons. The number of sulfonamides is 1. The molecule has 0 saturated carbocycles. The summed E-state index contributed by atoms with van der Waals surface area (Å²) in [7, 11) is -8.58. The first-order valence-electron chi connectivity index (χ1n) is 8.39. The number of pyridine rings is 1. The normalized spacial score (nSPS) is 12.1. The molecule has 2 aromatic heterocycles. The Balaban J connectivity index is 0.00000272. The van der Waals surface area contributed by atoms with Crippen molar-refractivity contribution in [1.82, 2.24) is 22.0 Å². The molecule has 0 aliphatic carbocycles. The van der Waals surface area contributed by atoms with Crippen molar-refractivity contribution in [3.63, 3.8) is 0 Å². The Bertz CT molecular complexity index is 1300. The molecule has 11 nitrogen and oxygen atoms in total. The molecule has 2 heterocycles. The number of nitriles is 1. The second kappa shape index (κ2) is 10.9. The maximum absolute atomic E-state index is 13.9. The number of nitrogens with zero attached hydrogens (tertiary/aromatic N) is 2. The summed E-state index contributed by atoms with van der Waals surface area (Å²) in [5.41, 5.74) is -0.228. The SMILES string of the molecule is COc1ccc(-c2ccc(S(=O)(=O)NC(c3ccc(C#N)c(F)c3)P(=O)([O-])[O-])s2)cn1.[NH4+].[NH4+]. The van der Waals surface area contributed by atoms with Gasteiger partial charge >= 0.3 is 0 Å². The molecule has 33 heavy (non-hydrogen) atoms. The fourth-order valence-corrected chi connectivity index (χ4v) is 6.41. The number of thiophene rings is 1. The van der Waals surface area contributed by atoms with Crippen LogP contribution >= 0.6 is 18.9 Å². The van der Waals surface area contributed by atoms with Crippen molar-refractivity contribution in [3.05, 3.63) is 65.6 Å². The molecule has 1 unspecified atom stereocenters. The lowest BCUT2D eigenvalue weighted by atomic mass is 10.1. The van der Waals surface area contributed by atoms with Gasteiger partial charge in [-0.3, -0.25) is 0 Å². The van der Waals surface area contributed by atoms with Gasteiger partial charge in [-0.1, -0.05) is 6.07 Å². The quantitative estimate of drug-likeness (QED) is 0.393. The van der Waals surface area contributed by atoms with Gasteiger partial charge in [0, 0.05) is 22.7 Å². The van der Waals surface area contributed by atoms with E-state index in [9.17, 15) is 27.2 Å². The van der Waals surface area contributed by atoms with E-state index < -0.39 is 34.8 Å². The van der Waals surface area contributed by atoms with Crippen LogP contribution in [0.5, 0.6) is 5.88 Å². The van der Waals surface area contributed by atoms with Crippen molar-refractivity contribution in [2.24, 2.45) is 0 Å². The van der Waals surface area contributed by atoms with Gasteiger partial charge in [0.2, 0.25) is 5.88 Å². The Kier molecular flexibility index (Phi) is 9.37. The maximum Gasteiger partial charge on any atom is 0.250 e. The highest BCUT2D eigenvalue weighted by Crippen LogP contribution is 2.44. The minimum Gasteiger partial charge on any atom is -0.809 e. The summed E-state index contributed by atoms with van der Waals surface area (Å²) < 4.78 is 57.6. The number of hydrogen-bond acceptors (Lipinski definition) is 9. The van der Waals surface area contributed by atoms with E-state index in [1.807, 2.05) is 4.72 Å². The molecule has 0 bridgehead atoms. The molecule has 1 aromatic carbocycles. The topological polar surface area (TPSA) is 228 Å². The van der Waals surface area contributed by atoms with Gasteiger partial charge in [0.15, 0.2) is 0 Å². The first-order valence-corrected chi connectivity index (χ1v) is 12.3. The van der Waals surface area contributed by atoms with Crippen LogP contribution < -0.4 is 31.5 Å². The summed E-state index contributed by atoms with van der Waals surface area (Å²) >= 11 is 0.821. The van der Waals surface area contributed by atoms with Crippen LogP contribution in [0, 0.1) is 17.1 Å². The van der Waals surface area contributed by atoms with E-state index in [4.69, 9.17) is 10.00 Å². The Labute approximate surface area is 193 Å². The molecule has 0 spiro atoms. The number of aromatic nitrogens is 1.